The highest BCUT2D eigenvalue weighted by Crippen LogP contribution is 2.59. The van der Waals surface area contributed by atoms with Crippen LogP contribution in [0.5, 0.6) is 0 Å². The second-order valence-electron chi connectivity index (χ2n) is 12.2. The summed E-state index contributed by atoms with van der Waals surface area (Å²) in [5, 5.41) is 1.83. The van der Waals surface area contributed by atoms with Gasteiger partial charge in [-0.25, -0.2) is 24.6 Å². The molecule has 7 rings (SSSR count). The lowest BCUT2D eigenvalue weighted by molar-refractivity contribution is -0.219. The van der Waals surface area contributed by atoms with Crippen LogP contribution in [0.2, 0.25) is 0 Å². The Hall–Kier alpha value is -3.60. The van der Waals surface area contributed by atoms with Crippen molar-refractivity contribution in [3.05, 3.63) is 82.5 Å². The zero-order valence-electron chi connectivity index (χ0n) is 24.6. The minimum Gasteiger partial charge on any atom is -0.373 e. The van der Waals surface area contributed by atoms with Crippen LogP contribution in [0.15, 0.2) is 48.4 Å². The molecule has 0 amide bonds. The van der Waals surface area contributed by atoms with Crippen LogP contribution >= 0.6 is 0 Å². The fourth-order valence-electron chi connectivity index (χ4n) is 7.07. The number of nitrogens with zero attached hydrogens (tertiary/aromatic N) is 6. The molecule has 1 aliphatic heterocycles. The molecule has 0 aromatic carbocycles. The molecule has 4 unspecified atom stereocenters. The number of hydrogen-bond acceptors (Lipinski definition) is 7. The fraction of sp³-hybridized carbons (Fsp3) is 0.531. The molecule has 3 aromatic rings. The predicted molar refractivity (Wildman–Crippen MR) is 157 cm³/mol. The normalized spacial score (nSPS) is 27.0. The van der Waals surface area contributed by atoms with Crippen LogP contribution in [0.25, 0.3) is 11.2 Å². The lowest BCUT2D eigenvalue weighted by Crippen LogP contribution is -2.47. The smallest absolute Gasteiger partial charge is 0.373 e. The van der Waals surface area contributed by atoms with Crippen molar-refractivity contribution < 1.29 is 17.9 Å². The molecule has 0 N–H and O–H groups in total. The van der Waals surface area contributed by atoms with Gasteiger partial charge < -0.3 is 9.75 Å². The van der Waals surface area contributed by atoms with Gasteiger partial charge in [-0.2, -0.15) is 13.2 Å². The fourth-order valence-corrected chi connectivity index (χ4v) is 7.07. The van der Waals surface area contributed by atoms with Gasteiger partial charge in [-0.3, -0.25) is 4.79 Å². The summed E-state index contributed by atoms with van der Waals surface area (Å²) in [6.45, 7) is 12.7. The number of hydrogen-bond donors (Lipinski definition) is 0. The largest absolute Gasteiger partial charge is 0.392 e. The highest BCUT2D eigenvalue weighted by atomic mass is 19.4. The van der Waals surface area contributed by atoms with Crippen molar-refractivity contribution in [1.82, 2.24) is 24.6 Å². The summed E-state index contributed by atoms with van der Waals surface area (Å²) >= 11 is 0. The molecule has 1 saturated heterocycles. The summed E-state index contributed by atoms with van der Waals surface area (Å²) in [6, 6.07) is 3.31. The topological polar surface area (TPSA) is 86.0 Å². The third kappa shape index (κ3) is 5.59. The Morgan fingerprint density at radius 3 is 2.42 bits per heavy atom. The van der Waals surface area contributed by atoms with Gasteiger partial charge in [-0.05, 0) is 69.4 Å². The lowest BCUT2D eigenvalue weighted by Gasteiger charge is -2.51. The third-order valence-corrected chi connectivity index (χ3v) is 9.54. The number of aromatic nitrogens is 5. The summed E-state index contributed by atoms with van der Waals surface area (Å²) in [6.07, 6.45) is 3.09. The number of alkyl halides is 3. The summed E-state index contributed by atoms with van der Waals surface area (Å²) in [4.78, 5) is 32.1. The van der Waals surface area contributed by atoms with Crippen molar-refractivity contribution in [3.8, 4) is 0 Å². The van der Waals surface area contributed by atoms with Gasteiger partial charge in [-0.15, -0.1) is 13.2 Å². The van der Waals surface area contributed by atoms with Crippen molar-refractivity contribution in [2.45, 2.75) is 70.1 Å². The molecule has 2 bridgehead atoms. The Bertz CT molecular complexity index is 1590. The minimum atomic E-state index is -4.23. The molecule has 4 aliphatic rings. The molecule has 0 radical (unpaired) electrons. The molecule has 0 spiro atoms. The molecular weight excluding hydrogens is 557 g/mol. The number of ether oxygens (including phenoxy) is 1. The van der Waals surface area contributed by atoms with Gasteiger partial charge in [-0.1, -0.05) is 12.2 Å². The predicted octanol–water partition coefficient (Wildman–Crippen LogP) is 5.84. The summed E-state index contributed by atoms with van der Waals surface area (Å²) < 4.78 is 49.7. The highest BCUT2D eigenvalue weighted by Gasteiger charge is 2.56. The Labute approximate surface area is 248 Å². The summed E-state index contributed by atoms with van der Waals surface area (Å²) in [5.74, 6) is -1.31. The molecule has 228 valence electrons. The first kappa shape index (κ1) is 29.5. The van der Waals surface area contributed by atoms with Gasteiger partial charge in [0, 0.05) is 30.7 Å². The van der Waals surface area contributed by atoms with Gasteiger partial charge in [0.25, 0.3) is 5.56 Å². The minimum absolute atomic E-state index is 0.0306. The second-order valence-corrected chi connectivity index (χ2v) is 12.2. The number of fused-ring (bicyclic) bond motifs is 3. The van der Waals surface area contributed by atoms with E-state index in [2.05, 4.69) is 13.2 Å². The Kier molecular flexibility index (Phi) is 7.87. The van der Waals surface area contributed by atoms with E-state index in [1.54, 1.807) is 29.1 Å². The van der Waals surface area contributed by atoms with Crippen molar-refractivity contribution in [2.24, 2.45) is 17.8 Å². The van der Waals surface area contributed by atoms with E-state index in [0.717, 1.165) is 17.0 Å². The van der Waals surface area contributed by atoms with E-state index in [1.165, 1.54) is 6.07 Å². The van der Waals surface area contributed by atoms with E-state index in [4.69, 9.17) is 24.7 Å². The van der Waals surface area contributed by atoms with E-state index in [1.807, 2.05) is 18.9 Å². The van der Waals surface area contributed by atoms with Crippen LogP contribution in [-0.4, -0.2) is 50.5 Å². The van der Waals surface area contributed by atoms with Crippen molar-refractivity contribution >= 4 is 11.2 Å². The Morgan fingerprint density at radius 2 is 1.72 bits per heavy atom. The maximum atomic E-state index is 14.0. The summed E-state index contributed by atoms with van der Waals surface area (Å²) in [7, 11) is 0. The third-order valence-electron chi connectivity index (χ3n) is 9.54. The van der Waals surface area contributed by atoms with Gasteiger partial charge in [0.15, 0.2) is 5.65 Å². The van der Waals surface area contributed by atoms with Crippen LogP contribution in [0.1, 0.15) is 78.5 Å². The molecular formula is C32H37F3N6O2. The number of halogens is 3. The number of pyridine rings is 1. The first-order valence-electron chi connectivity index (χ1n) is 15.0. The maximum Gasteiger partial charge on any atom is 0.392 e. The maximum absolute atomic E-state index is 14.0. The first-order chi connectivity index (χ1) is 20.6. The van der Waals surface area contributed by atoms with E-state index in [9.17, 15) is 18.0 Å². The molecule has 43 heavy (non-hydrogen) atoms. The standard InChI is InChI=1S/C32H37F3N6O2/c1-5-10-40(11-6-2)41-17-21(7-8-27(41)42)26-15-20(9-12-43-26)30-38-28(29-31(39-30)37-19(4)18(3)36-29)24-16-25(32(33,34)35)23-13-22(24)14-23/h5-8,17,20,22-26H,1-2,9-16H2,3-4H3. The molecule has 3 aliphatic carbocycles. The zero-order valence-corrected chi connectivity index (χ0v) is 24.6. The molecule has 4 heterocycles. The second kappa shape index (κ2) is 11.5. The molecule has 3 aromatic heterocycles. The average molecular weight is 595 g/mol. The van der Waals surface area contributed by atoms with Crippen LogP contribution in [0.3, 0.4) is 0 Å². The van der Waals surface area contributed by atoms with Crippen LogP contribution in [0.4, 0.5) is 13.2 Å². The first-order valence-corrected chi connectivity index (χ1v) is 15.0. The van der Waals surface area contributed by atoms with Crippen LogP contribution < -0.4 is 10.6 Å². The van der Waals surface area contributed by atoms with Gasteiger partial charge >= 0.3 is 6.18 Å². The van der Waals surface area contributed by atoms with Crippen molar-refractivity contribution in [1.29, 1.82) is 0 Å². The van der Waals surface area contributed by atoms with Gasteiger partial charge in [0.1, 0.15) is 11.3 Å². The van der Waals surface area contributed by atoms with E-state index >= 15 is 0 Å². The van der Waals surface area contributed by atoms with Crippen molar-refractivity contribution in [2.75, 3.05) is 24.7 Å². The quantitative estimate of drug-likeness (QED) is 0.303. The van der Waals surface area contributed by atoms with Crippen LogP contribution in [-0.2, 0) is 4.74 Å². The molecule has 8 nitrogen and oxygen atoms in total. The average Bonchev–Trinajstić information content (AvgIpc) is 2.96. The highest BCUT2D eigenvalue weighted by molar-refractivity contribution is 5.73. The van der Waals surface area contributed by atoms with E-state index in [0.29, 0.717) is 68.1 Å². The lowest BCUT2D eigenvalue weighted by atomic mass is 9.54. The monoisotopic (exact) mass is 594 g/mol. The van der Waals surface area contributed by atoms with E-state index < -0.39 is 12.1 Å². The molecule has 4 atom stereocenters. The molecule has 3 saturated carbocycles. The molecule has 4 fully saturated rings. The summed E-state index contributed by atoms with van der Waals surface area (Å²) in [5.41, 5.74) is 3.69. The van der Waals surface area contributed by atoms with Crippen molar-refractivity contribution in [3.63, 3.8) is 0 Å². The Balaban J connectivity index is 1.35. The van der Waals surface area contributed by atoms with Crippen LogP contribution in [0, 0.1) is 31.6 Å². The number of rotatable bonds is 8. The SMILES string of the molecule is C=CCN(CC=C)n1cc(C2CC(c3nc(C4CC(C(F)(F)F)C5CC4C5)c4nc(C)c(C)nc4n3)CCO2)ccc1=O. The number of aryl methyl sites for hydroxylation is 2. The van der Waals surface area contributed by atoms with E-state index in [-0.39, 0.29) is 41.8 Å². The van der Waals surface area contributed by atoms with Gasteiger partial charge in [0.05, 0.1) is 42.2 Å². The molecule has 11 heteroatoms. The van der Waals surface area contributed by atoms with Gasteiger partial charge in [0.2, 0.25) is 0 Å². The Morgan fingerprint density at radius 1 is 1.00 bits per heavy atom. The zero-order chi connectivity index (χ0) is 30.5.